The lowest BCUT2D eigenvalue weighted by Gasteiger charge is -2.16. The molecule has 1 unspecified atom stereocenters. The number of benzene rings is 1. The van der Waals surface area contributed by atoms with E-state index in [2.05, 4.69) is 0 Å². The number of ether oxygens (including phenoxy) is 1. The molecular weight excluding hydrogens is 289 g/mol. The summed E-state index contributed by atoms with van der Waals surface area (Å²) in [6.45, 7) is 0.374. The summed E-state index contributed by atoms with van der Waals surface area (Å²) in [7, 11) is 0. The maximum atomic E-state index is 12.9. The minimum atomic E-state index is -0.897. The lowest BCUT2D eigenvalue weighted by molar-refractivity contribution is -0.141. The van der Waals surface area contributed by atoms with Crippen molar-refractivity contribution in [1.29, 1.82) is 0 Å². The van der Waals surface area contributed by atoms with Gasteiger partial charge < -0.3 is 14.7 Å². The summed E-state index contributed by atoms with van der Waals surface area (Å²) in [5.41, 5.74) is 0. The van der Waals surface area contributed by atoms with Crippen LogP contribution in [0.15, 0.2) is 18.2 Å². The molecule has 0 aliphatic carbocycles. The largest absolute Gasteiger partial charge is 0.484 e. The summed E-state index contributed by atoms with van der Waals surface area (Å²) in [5.74, 6) is -1.98. The highest BCUT2D eigenvalue weighted by Gasteiger charge is 2.30. The van der Waals surface area contributed by atoms with Crippen molar-refractivity contribution in [2.45, 2.75) is 6.42 Å². The van der Waals surface area contributed by atoms with Gasteiger partial charge in [0.15, 0.2) is 6.61 Å². The fourth-order valence-electron chi connectivity index (χ4n) is 1.99. The van der Waals surface area contributed by atoms with E-state index in [-0.39, 0.29) is 24.1 Å². The molecule has 5 nitrogen and oxygen atoms in total. The van der Waals surface area contributed by atoms with E-state index < -0.39 is 17.7 Å². The number of hydrogen-bond donors (Lipinski definition) is 1. The van der Waals surface area contributed by atoms with Gasteiger partial charge in [-0.25, -0.2) is 4.39 Å². The van der Waals surface area contributed by atoms with Crippen LogP contribution in [0.2, 0.25) is 5.02 Å². The summed E-state index contributed by atoms with van der Waals surface area (Å²) in [6.07, 6.45) is 0.448. The number of hydrogen-bond acceptors (Lipinski definition) is 3. The molecule has 0 radical (unpaired) electrons. The Morgan fingerprint density at radius 1 is 1.50 bits per heavy atom. The first kappa shape index (κ1) is 14.6. The molecule has 0 spiro atoms. The van der Waals surface area contributed by atoms with Crippen LogP contribution < -0.4 is 4.74 Å². The Morgan fingerprint density at radius 2 is 2.25 bits per heavy atom. The van der Waals surface area contributed by atoms with Gasteiger partial charge in [-0.15, -0.1) is 0 Å². The number of likely N-dealkylation sites (tertiary alicyclic amines) is 1. The first-order valence-electron chi connectivity index (χ1n) is 6.06. The van der Waals surface area contributed by atoms with Crippen LogP contribution in [0.4, 0.5) is 4.39 Å². The van der Waals surface area contributed by atoms with Crippen LogP contribution in [-0.4, -0.2) is 41.6 Å². The van der Waals surface area contributed by atoms with Crippen molar-refractivity contribution >= 4 is 23.5 Å². The third-order valence-electron chi connectivity index (χ3n) is 3.14. The van der Waals surface area contributed by atoms with Gasteiger partial charge in [0.1, 0.15) is 11.6 Å². The highest BCUT2D eigenvalue weighted by molar-refractivity contribution is 6.30. The van der Waals surface area contributed by atoms with Crippen molar-refractivity contribution in [2.75, 3.05) is 19.7 Å². The smallest absolute Gasteiger partial charge is 0.308 e. The number of carboxylic acids is 1. The van der Waals surface area contributed by atoms with Crippen LogP contribution in [0.25, 0.3) is 0 Å². The number of amides is 1. The first-order chi connectivity index (χ1) is 9.47. The topological polar surface area (TPSA) is 66.8 Å². The van der Waals surface area contributed by atoms with Crippen LogP contribution in [0.1, 0.15) is 6.42 Å². The molecule has 1 atom stereocenters. The third kappa shape index (κ3) is 3.39. The molecule has 1 N–H and O–H groups in total. The van der Waals surface area contributed by atoms with Crippen molar-refractivity contribution in [3.63, 3.8) is 0 Å². The van der Waals surface area contributed by atoms with Crippen LogP contribution >= 0.6 is 11.6 Å². The van der Waals surface area contributed by atoms with E-state index in [1.54, 1.807) is 0 Å². The van der Waals surface area contributed by atoms with E-state index in [0.29, 0.717) is 18.7 Å². The Labute approximate surface area is 119 Å². The number of nitrogens with zero attached hydrogens (tertiary/aromatic N) is 1. The predicted molar refractivity (Wildman–Crippen MR) is 69.2 cm³/mol. The number of halogens is 2. The van der Waals surface area contributed by atoms with Crippen molar-refractivity contribution < 1.29 is 23.8 Å². The summed E-state index contributed by atoms with van der Waals surface area (Å²) in [4.78, 5) is 24.1. The molecule has 1 aliphatic heterocycles. The molecule has 1 heterocycles. The number of aliphatic carboxylic acids is 1. The van der Waals surface area contributed by atoms with Gasteiger partial charge in [-0.2, -0.15) is 0 Å². The van der Waals surface area contributed by atoms with Gasteiger partial charge in [0.25, 0.3) is 5.91 Å². The van der Waals surface area contributed by atoms with Gasteiger partial charge in [-0.3, -0.25) is 9.59 Å². The Morgan fingerprint density at radius 3 is 2.85 bits per heavy atom. The Bertz CT molecular complexity index is 537. The third-order valence-corrected chi connectivity index (χ3v) is 3.43. The summed E-state index contributed by atoms with van der Waals surface area (Å²) >= 11 is 5.59. The van der Waals surface area contributed by atoms with Gasteiger partial charge in [0, 0.05) is 19.2 Å². The molecule has 2 rings (SSSR count). The molecule has 7 heteroatoms. The van der Waals surface area contributed by atoms with E-state index in [9.17, 15) is 14.0 Å². The molecule has 0 saturated carbocycles. The number of carboxylic acid groups (broad SMARTS) is 1. The van der Waals surface area contributed by atoms with E-state index >= 15 is 0 Å². The van der Waals surface area contributed by atoms with Gasteiger partial charge in [-0.05, 0) is 18.6 Å². The van der Waals surface area contributed by atoms with Crippen LogP contribution in [0.3, 0.4) is 0 Å². The van der Waals surface area contributed by atoms with E-state index in [1.807, 2.05) is 0 Å². The molecule has 1 fully saturated rings. The molecule has 0 aromatic heterocycles. The number of rotatable bonds is 4. The van der Waals surface area contributed by atoms with Gasteiger partial charge >= 0.3 is 5.97 Å². The minimum Gasteiger partial charge on any atom is -0.484 e. The van der Waals surface area contributed by atoms with Crippen molar-refractivity contribution in [3.05, 3.63) is 29.0 Å². The van der Waals surface area contributed by atoms with E-state index in [1.165, 1.54) is 17.0 Å². The van der Waals surface area contributed by atoms with Crippen molar-refractivity contribution in [3.8, 4) is 5.75 Å². The Kier molecular flexibility index (Phi) is 4.44. The average Bonchev–Trinajstić information content (AvgIpc) is 2.89. The maximum absolute atomic E-state index is 12.9. The maximum Gasteiger partial charge on any atom is 0.308 e. The number of carbonyl (C=O) groups excluding carboxylic acids is 1. The molecule has 1 saturated heterocycles. The molecule has 1 aliphatic rings. The van der Waals surface area contributed by atoms with E-state index in [4.69, 9.17) is 21.4 Å². The average molecular weight is 302 g/mol. The lowest BCUT2D eigenvalue weighted by atomic mass is 10.1. The van der Waals surface area contributed by atoms with Gasteiger partial charge in [-0.1, -0.05) is 11.6 Å². The highest BCUT2D eigenvalue weighted by atomic mass is 35.5. The Hall–Kier alpha value is -1.82. The molecule has 1 amide bonds. The summed E-state index contributed by atoms with van der Waals surface area (Å²) in [5, 5.41) is 8.78. The standard InChI is InChI=1S/C13H13ClFNO4/c14-10-5-9(1-2-11(10)15)20-7-12(17)16-4-3-8(6-16)13(18)19/h1-2,5,8H,3-4,6-7H2,(H,18,19). The zero-order valence-corrected chi connectivity index (χ0v) is 11.3. The second-order valence-corrected chi connectivity index (χ2v) is 4.94. The van der Waals surface area contributed by atoms with Crippen molar-refractivity contribution in [2.24, 2.45) is 5.92 Å². The van der Waals surface area contributed by atoms with Gasteiger partial charge in [0.2, 0.25) is 0 Å². The minimum absolute atomic E-state index is 0.0814. The summed E-state index contributed by atoms with van der Waals surface area (Å²) in [6, 6.07) is 3.81. The number of carbonyl (C=O) groups is 2. The fourth-order valence-corrected chi connectivity index (χ4v) is 2.16. The SMILES string of the molecule is O=C(O)C1CCN(C(=O)COc2ccc(F)c(Cl)c2)C1. The second-order valence-electron chi connectivity index (χ2n) is 4.53. The first-order valence-corrected chi connectivity index (χ1v) is 6.43. The highest BCUT2D eigenvalue weighted by Crippen LogP contribution is 2.21. The molecule has 1 aromatic rings. The molecule has 108 valence electrons. The molecule has 20 heavy (non-hydrogen) atoms. The summed E-state index contributed by atoms with van der Waals surface area (Å²) < 4.78 is 18.2. The fraction of sp³-hybridized carbons (Fsp3) is 0.385. The quantitative estimate of drug-likeness (QED) is 0.921. The molecule has 1 aromatic carbocycles. The van der Waals surface area contributed by atoms with Crippen LogP contribution in [0, 0.1) is 11.7 Å². The lowest BCUT2D eigenvalue weighted by Crippen LogP contribution is -2.33. The molecule has 0 bridgehead atoms. The monoisotopic (exact) mass is 301 g/mol. The normalized spacial score (nSPS) is 18.1. The molecular formula is C13H13ClFNO4. The van der Waals surface area contributed by atoms with Crippen molar-refractivity contribution in [1.82, 2.24) is 4.90 Å². The van der Waals surface area contributed by atoms with Crippen LogP contribution in [0.5, 0.6) is 5.75 Å². The van der Waals surface area contributed by atoms with E-state index in [0.717, 1.165) is 6.07 Å². The zero-order valence-electron chi connectivity index (χ0n) is 10.5. The predicted octanol–water partition coefficient (Wildman–Crippen LogP) is 1.79. The van der Waals surface area contributed by atoms with Crippen LogP contribution in [-0.2, 0) is 9.59 Å². The Balaban J connectivity index is 1.86. The van der Waals surface area contributed by atoms with Gasteiger partial charge in [0.05, 0.1) is 10.9 Å². The second kappa shape index (κ2) is 6.09. The zero-order chi connectivity index (χ0) is 14.7.